The number of hydrogen-bond acceptors (Lipinski definition) is 10. The molecule has 2 heterocycles. The number of urea groups is 1. The minimum atomic E-state index is -4.07. The monoisotopic (exact) mass is 533 g/mol. The molecule has 0 radical (unpaired) electrons. The number of aryl methyl sites for hydroxylation is 1. The van der Waals surface area contributed by atoms with E-state index < -0.39 is 39.3 Å². The lowest BCUT2D eigenvalue weighted by molar-refractivity contribution is -0.138. The van der Waals surface area contributed by atoms with Crippen LogP contribution in [0.2, 0.25) is 0 Å². The molecule has 0 unspecified atom stereocenters. The molecule has 4 rings (SSSR count). The number of tetrazole rings is 1. The predicted molar refractivity (Wildman–Crippen MR) is 129 cm³/mol. The third-order valence-electron chi connectivity index (χ3n) is 5.58. The number of nitrogens with zero attached hydrogens (tertiary/aromatic N) is 5. The SMILES string of the molecule is Cc1ccc(NC(=O)Nc2ncc(CS(=O)(=O)c3nnnn3CC(=O)O)s2)c(C(=O)C2CCCC2)c1. The highest BCUT2D eigenvalue weighted by atomic mass is 32.2. The van der Waals surface area contributed by atoms with E-state index >= 15 is 0 Å². The summed E-state index contributed by atoms with van der Waals surface area (Å²) >= 11 is 0.926. The number of anilines is 2. The molecule has 3 N–H and O–H groups in total. The number of aromatic nitrogens is 5. The number of rotatable bonds is 9. The van der Waals surface area contributed by atoms with E-state index in [2.05, 4.69) is 31.1 Å². The summed E-state index contributed by atoms with van der Waals surface area (Å²) in [6.07, 6.45) is 4.99. The molecule has 190 valence electrons. The van der Waals surface area contributed by atoms with Gasteiger partial charge in [-0.1, -0.05) is 29.6 Å². The first-order valence-corrected chi connectivity index (χ1v) is 13.5. The lowest BCUT2D eigenvalue weighted by atomic mass is 9.94. The first-order chi connectivity index (χ1) is 17.1. The van der Waals surface area contributed by atoms with Gasteiger partial charge in [-0.25, -0.2) is 22.9 Å². The van der Waals surface area contributed by atoms with Crippen molar-refractivity contribution in [2.24, 2.45) is 5.92 Å². The van der Waals surface area contributed by atoms with Crippen LogP contribution < -0.4 is 10.6 Å². The van der Waals surface area contributed by atoms with Crippen molar-refractivity contribution < 1.29 is 27.9 Å². The van der Waals surface area contributed by atoms with Gasteiger partial charge in [-0.3, -0.25) is 14.9 Å². The highest BCUT2D eigenvalue weighted by Crippen LogP contribution is 2.31. The summed E-state index contributed by atoms with van der Waals surface area (Å²) in [5.74, 6) is -1.86. The van der Waals surface area contributed by atoms with Crippen LogP contribution >= 0.6 is 11.3 Å². The van der Waals surface area contributed by atoms with Crippen LogP contribution in [0, 0.1) is 12.8 Å². The maximum Gasteiger partial charge on any atom is 0.325 e. The molecule has 1 aliphatic carbocycles. The Hall–Kier alpha value is -3.72. The Morgan fingerprint density at radius 1 is 1.19 bits per heavy atom. The summed E-state index contributed by atoms with van der Waals surface area (Å²) in [6.45, 7) is 1.17. The molecule has 0 aliphatic heterocycles. The number of aliphatic carboxylic acids is 1. The number of hydrogen-bond donors (Lipinski definition) is 3. The van der Waals surface area contributed by atoms with Crippen molar-refractivity contribution in [1.29, 1.82) is 0 Å². The normalized spacial score (nSPS) is 14.0. The van der Waals surface area contributed by atoms with Crippen LogP contribution in [-0.4, -0.2) is 56.5 Å². The van der Waals surface area contributed by atoms with Gasteiger partial charge in [-0.05, 0) is 42.3 Å². The maximum atomic E-state index is 13.0. The lowest BCUT2D eigenvalue weighted by Crippen LogP contribution is -2.22. The summed E-state index contributed by atoms with van der Waals surface area (Å²) in [5.41, 5.74) is 1.75. The van der Waals surface area contributed by atoms with E-state index in [1.807, 2.05) is 6.92 Å². The number of benzene rings is 1. The van der Waals surface area contributed by atoms with Gasteiger partial charge in [0.2, 0.25) is 9.84 Å². The second kappa shape index (κ2) is 10.5. The number of carboxylic acids is 1. The van der Waals surface area contributed by atoms with Crippen LogP contribution in [0.15, 0.2) is 29.6 Å². The van der Waals surface area contributed by atoms with Gasteiger partial charge in [0.1, 0.15) is 6.54 Å². The number of amides is 2. The molecule has 0 bridgehead atoms. The van der Waals surface area contributed by atoms with E-state index in [1.165, 1.54) is 6.20 Å². The zero-order valence-electron chi connectivity index (χ0n) is 19.2. The summed E-state index contributed by atoms with van der Waals surface area (Å²) in [5, 5.41) is 23.7. The Labute approximate surface area is 209 Å². The standard InChI is InChI=1S/C21H23N7O6S2/c1-12-6-7-16(15(8-12)18(31)13-4-2-3-5-13)23-19(32)24-20-22-9-14(35-20)11-36(33,34)21-25-26-27-28(21)10-17(29)30/h6-9,13H,2-5,10-11H2,1H3,(H,29,30)(H2,22,23,24,32). The summed E-state index contributed by atoms with van der Waals surface area (Å²) in [6, 6.07) is 4.61. The third kappa shape index (κ3) is 5.91. The fraction of sp³-hybridized carbons (Fsp3) is 0.381. The van der Waals surface area contributed by atoms with E-state index in [1.54, 1.807) is 18.2 Å². The Morgan fingerprint density at radius 3 is 2.67 bits per heavy atom. The Bertz CT molecular complexity index is 1410. The van der Waals surface area contributed by atoms with Gasteiger partial charge in [0, 0.05) is 22.6 Å². The number of carboxylic acid groups (broad SMARTS) is 1. The number of nitrogens with one attached hydrogen (secondary N) is 2. The molecule has 1 saturated carbocycles. The molecular formula is C21H23N7O6S2. The van der Waals surface area contributed by atoms with Crippen molar-refractivity contribution in [2.75, 3.05) is 10.6 Å². The van der Waals surface area contributed by atoms with Crippen LogP contribution in [-0.2, 0) is 26.9 Å². The van der Waals surface area contributed by atoms with E-state index in [0.717, 1.165) is 42.6 Å². The summed E-state index contributed by atoms with van der Waals surface area (Å²) in [4.78, 5) is 40.8. The van der Waals surface area contributed by atoms with Crippen molar-refractivity contribution in [1.82, 2.24) is 25.2 Å². The smallest absolute Gasteiger partial charge is 0.325 e. The van der Waals surface area contributed by atoms with Crippen molar-refractivity contribution in [3.8, 4) is 0 Å². The van der Waals surface area contributed by atoms with Crippen LogP contribution in [0.4, 0.5) is 15.6 Å². The molecule has 0 atom stereocenters. The summed E-state index contributed by atoms with van der Waals surface area (Å²) in [7, 11) is -4.07. The second-order valence-electron chi connectivity index (χ2n) is 8.38. The molecule has 2 aromatic heterocycles. The topological polar surface area (TPSA) is 186 Å². The van der Waals surface area contributed by atoms with Crippen molar-refractivity contribution in [3.63, 3.8) is 0 Å². The molecule has 2 amide bonds. The van der Waals surface area contributed by atoms with E-state index in [9.17, 15) is 22.8 Å². The predicted octanol–water partition coefficient (Wildman–Crippen LogP) is 2.51. The quantitative estimate of drug-likeness (QED) is 0.345. The Kier molecular flexibility index (Phi) is 7.40. The molecule has 13 nitrogen and oxygen atoms in total. The average Bonchev–Trinajstić information content (AvgIpc) is 3.56. The molecular weight excluding hydrogens is 510 g/mol. The lowest BCUT2D eigenvalue weighted by Gasteiger charge is -2.14. The van der Waals surface area contributed by atoms with E-state index in [4.69, 9.17) is 5.11 Å². The fourth-order valence-corrected chi connectivity index (χ4v) is 6.43. The highest BCUT2D eigenvalue weighted by molar-refractivity contribution is 7.90. The highest BCUT2D eigenvalue weighted by Gasteiger charge is 2.27. The molecule has 3 aromatic rings. The minimum Gasteiger partial charge on any atom is -0.480 e. The van der Waals surface area contributed by atoms with E-state index in [0.29, 0.717) is 15.9 Å². The van der Waals surface area contributed by atoms with Gasteiger partial charge in [0.05, 0.1) is 11.4 Å². The van der Waals surface area contributed by atoms with Crippen molar-refractivity contribution in [3.05, 3.63) is 40.4 Å². The van der Waals surface area contributed by atoms with Gasteiger partial charge in [-0.15, -0.1) is 11.3 Å². The van der Waals surface area contributed by atoms with Gasteiger partial charge < -0.3 is 10.4 Å². The first-order valence-electron chi connectivity index (χ1n) is 11.0. The van der Waals surface area contributed by atoms with Gasteiger partial charge in [0.15, 0.2) is 10.9 Å². The third-order valence-corrected chi connectivity index (χ3v) is 8.22. The van der Waals surface area contributed by atoms with Crippen molar-refractivity contribution >= 4 is 49.8 Å². The fourth-order valence-electron chi connectivity index (χ4n) is 3.96. The van der Waals surface area contributed by atoms with Crippen LogP contribution in [0.25, 0.3) is 0 Å². The number of Topliss-reactive ketones (excluding diaryl/α,β-unsaturated/α-hetero) is 1. The number of carbonyl (C=O) groups excluding carboxylic acids is 2. The molecule has 1 aliphatic rings. The Morgan fingerprint density at radius 2 is 1.94 bits per heavy atom. The second-order valence-corrected chi connectivity index (χ2v) is 11.4. The average molecular weight is 534 g/mol. The first kappa shape index (κ1) is 25.4. The Balaban J connectivity index is 1.43. The summed E-state index contributed by atoms with van der Waals surface area (Å²) < 4.78 is 26.0. The molecule has 0 spiro atoms. The molecule has 1 fully saturated rings. The van der Waals surface area contributed by atoms with Gasteiger partial charge >= 0.3 is 12.0 Å². The van der Waals surface area contributed by atoms with Gasteiger partial charge in [0.25, 0.3) is 5.16 Å². The molecule has 0 saturated heterocycles. The van der Waals surface area contributed by atoms with Crippen molar-refractivity contribution in [2.45, 2.75) is 50.1 Å². The maximum absolute atomic E-state index is 13.0. The largest absolute Gasteiger partial charge is 0.480 e. The van der Waals surface area contributed by atoms with Crippen LogP contribution in [0.5, 0.6) is 0 Å². The number of sulfone groups is 1. The molecule has 15 heteroatoms. The van der Waals surface area contributed by atoms with Gasteiger partial charge in [-0.2, -0.15) is 0 Å². The minimum absolute atomic E-state index is 0.0125. The van der Waals surface area contributed by atoms with E-state index in [-0.39, 0.29) is 21.7 Å². The zero-order chi connectivity index (χ0) is 25.9. The molecule has 1 aromatic carbocycles. The molecule has 36 heavy (non-hydrogen) atoms. The van der Waals surface area contributed by atoms with Crippen LogP contribution in [0.3, 0.4) is 0 Å². The zero-order valence-corrected chi connectivity index (χ0v) is 20.8. The number of carbonyl (C=O) groups is 3. The van der Waals surface area contributed by atoms with Crippen LogP contribution in [0.1, 0.15) is 46.5 Å². The number of thiazole rings is 1. The number of ketones is 1.